The maximum atomic E-state index is 10.5. The van der Waals surface area contributed by atoms with E-state index >= 15 is 0 Å². The summed E-state index contributed by atoms with van der Waals surface area (Å²) in [5, 5.41) is 13.5. The number of carboxylic acid groups (broad SMARTS) is 1. The summed E-state index contributed by atoms with van der Waals surface area (Å²) in [6, 6.07) is 8.66. The Hall–Kier alpha value is -2.23. The molecule has 0 radical (unpaired) electrons. The van der Waals surface area contributed by atoms with Crippen molar-refractivity contribution in [3.63, 3.8) is 0 Å². The molecule has 1 atom stereocenters. The first kappa shape index (κ1) is 20.1. The molecule has 26 heavy (non-hydrogen) atoms. The number of rotatable bonds is 12. The Bertz CT molecular complexity index is 718. The molecule has 0 spiro atoms. The number of allylic oxidation sites excluding steroid dienone is 2. The van der Waals surface area contributed by atoms with E-state index in [2.05, 4.69) is 54.2 Å². The van der Waals surface area contributed by atoms with Crippen LogP contribution >= 0.6 is 0 Å². The van der Waals surface area contributed by atoms with E-state index in [1.54, 1.807) is 0 Å². The lowest BCUT2D eigenvalue weighted by Gasteiger charge is -2.16. The SMILES string of the molecule is CCCCC(CC)CNc1ccc2ccn(C/C=C/CCC(=O)O)c2c1. The maximum absolute atomic E-state index is 10.5. The van der Waals surface area contributed by atoms with Crippen LogP contribution in [0.15, 0.2) is 42.6 Å². The molecule has 0 bridgehead atoms. The van der Waals surface area contributed by atoms with E-state index in [0.717, 1.165) is 19.0 Å². The normalized spacial score (nSPS) is 12.7. The second-order valence-electron chi connectivity index (χ2n) is 6.94. The second-order valence-corrected chi connectivity index (χ2v) is 6.94. The number of carboxylic acids is 1. The average Bonchev–Trinajstić information content (AvgIpc) is 3.04. The van der Waals surface area contributed by atoms with Gasteiger partial charge in [0.15, 0.2) is 0 Å². The molecule has 0 aliphatic rings. The number of aliphatic carboxylic acids is 1. The predicted octanol–water partition coefficient (Wildman–Crippen LogP) is 5.69. The van der Waals surface area contributed by atoms with Crippen LogP contribution in [0.25, 0.3) is 10.9 Å². The van der Waals surface area contributed by atoms with Crippen LogP contribution < -0.4 is 5.32 Å². The minimum absolute atomic E-state index is 0.188. The molecular weight excluding hydrogens is 324 g/mol. The third-order valence-corrected chi connectivity index (χ3v) is 4.91. The van der Waals surface area contributed by atoms with Crippen LogP contribution in [0.1, 0.15) is 52.4 Å². The molecule has 4 heteroatoms. The molecule has 2 N–H and O–H groups in total. The van der Waals surface area contributed by atoms with Crippen LogP contribution in [0.4, 0.5) is 5.69 Å². The van der Waals surface area contributed by atoms with Crippen molar-refractivity contribution in [3.05, 3.63) is 42.6 Å². The lowest BCUT2D eigenvalue weighted by atomic mass is 9.99. The zero-order chi connectivity index (χ0) is 18.8. The summed E-state index contributed by atoms with van der Waals surface area (Å²) in [4.78, 5) is 10.5. The number of aromatic nitrogens is 1. The van der Waals surface area contributed by atoms with Gasteiger partial charge >= 0.3 is 5.97 Å². The van der Waals surface area contributed by atoms with E-state index in [1.165, 1.54) is 42.3 Å². The molecule has 0 saturated carbocycles. The summed E-state index contributed by atoms with van der Waals surface area (Å²) >= 11 is 0. The number of benzene rings is 1. The minimum atomic E-state index is -0.749. The quantitative estimate of drug-likeness (QED) is 0.480. The Morgan fingerprint density at radius 1 is 1.27 bits per heavy atom. The fourth-order valence-corrected chi connectivity index (χ4v) is 3.17. The molecule has 1 unspecified atom stereocenters. The lowest BCUT2D eigenvalue weighted by molar-refractivity contribution is -0.136. The number of anilines is 1. The van der Waals surface area contributed by atoms with E-state index in [-0.39, 0.29) is 6.42 Å². The Balaban J connectivity index is 1.97. The van der Waals surface area contributed by atoms with E-state index in [0.29, 0.717) is 6.42 Å². The molecule has 0 saturated heterocycles. The third-order valence-electron chi connectivity index (χ3n) is 4.91. The Kier molecular flexibility index (Phi) is 8.26. The molecule has 1 heterocycles. The third kappa shape index (κ3) is 6.25. The van der Waals surface area contributed by atoms with Gasteiger partial charge in [-0.05, 0) is 42.3 Å². The van der Waals surface area contributed by atoms with Crippen molar-refractivity contribution in [1.29, 1.82) is 0 Å². The van der Waals surface area contributed by atoms with Crippen molar-refractivity contribution in [3.8, 4) is 0 Å². The first-order valence-electron chi connectivity index (χ1n) is 9.83. The smallest absolute Gasteiger partial charge is 0.303 e. The van der Waals surface area contributed by atoms with Gasteiger partial charge < -0.3 is 15.0 Å². The topological polar surface area (TPSA) is 54.3 Å². The lowest BCUT2D eigenvalue weighted by Crippen LogP contribution is -2.13. The molecule has 2 rings (SSSR count). The molecular formula is C22H32N2O2. The van der Waals surface area contributed by atoms with Crippen LogP contribution in [-0.4, -0.2) is 22.2 Å². The fraction of sp³-hybridized carbons (Fsp3) is 0.500. The second kappa shape index (κ2) is 10.7. The highest BCUT2D eigenvalue weighted by molar-refractivity contribution is 5.83. The van der Waals surface area contributed by atoms with Gasteiger partial charge in [-0.25, -0.2) is 0 Å². The molecule has 4 nitrogen and oxygen atoms in total. The maximum Gasteiger partial charge on any atom is 0.303 e. The molecule has 0 fully saturated rings. The molecule has 0 aliphatic carbocycles. The summed E-state index contributed by atoms with van der Waals surface area (Å²) in [5.41, 5.74) is 2.38. The van der Waals surface area contributed by atoms with Crippen LogP contribution in [0, 0.1) is 5.92 Å². The summed E-state index contributed by atoms with van der Waals surface area (Å²) < 4.78 is 2.20. The Morgan fingerprint density at radius 3 is 2.85 bits per heavy atom. The van der Waals surface area contributed by atoms with Crippen molar-refractivity contribution in [2.24, 2.45) is 5.92 Å². The van der Waals surface area contributed by atoms with Crippen molar-refractivity contribution >= 4 is 22.6 Å². The monoisotopic (exact) mass is 356 g/mol. The van der Waals surface area contributed by atoms with Gasteiger partial charge in [-0.1, -0.05) is 51.3 Å². The van der Waals surface area contributed by atoms with Gasteiger partial charge in [0.2, 0.25) is 0 Å². The molecule has 1 aromatic carbocycles. The van der Waals surface area contributed by atoms with Crippen LogP contribution in [0.2, 0.25) is 0 Å². The number of hydrogen-bond donors (Lipinski definition) is 2. The van der Waals surface area contributed by atoms with E-state index < -0.39 is 5.97 Å². The average molecular weight is 357 g/mol. The van der Waals surface area contributed by atoms with Crippen LogP contribution in [0.5, 0.6) is 0 Å². The summed E-state index contributed by atoms with van der Waals surface area (Å²) in [5.74, 6) is -0.0179. The predicted molar refractivity (Wildman–Crippen MR) is 110 cm³/mol. The summed E-state index contributed by atoms with van der Waals surface area (Å²) in [7, 11) is 0. The first-order valence-corrected chi connectivity index (χ1v) is 9.83. The highest BCUT2D eigenvalue weighted by atomic mass is 16.4. The number of unbranched alkanes of at least 4 members (excludes halogenated alkanes) is 1. The Morgan fingerprint density at radius 2 is 2.12 bits per heavy atom. The zero-order valence-corrected chi connectivity index (χ0v) is 16.1. The number of nitrogens with one attached hydrogen (secondary N) is 1. The minimum Gasteiger partial charge on any atom is -0.481 e. The van der Waals surface area contributed by atoms with Gasteiger partial charge in [-0.15, -0.1) is 0 Å². The highest BCUT2D eigenvalue weighted by Gasteiger charge is 2.07. The first-order chi connectivity index (χ1) is 12.6. The molecule has 0 amide bonds. The van der Waals surface area contributed by atoms with Gasteiger partial charge in [0.25, 0.3) is 0 Å². The van der Waals surface area contributed by atoms with Crippen LogP contribution in [-0.2, 0) is 11.3 Å². The van der Waals surface area contributed by atoms with Gasteiger partial charge in [-0.2, -0.15) is 0 Å². The van der Waals surface area contributed by atoms with Gasteiger partial charge in [0, 0.05) is 31.4 Å². The van der Waals surface area contributed by atoms with Crippen molar-refractivity contribution in [2.45, 2.75) is 58.9 Å². The number of nitrogens with zero attached hydrogens (tertiary/aromatic N) is 1. The summed E-state index contributed by atoms with van der Waals surface area (Å²) in [6.45, 7) is 6.31. The molecule has 142 valence electrons. The van der Waals surface area contributed by atoms with E-state index in [4.69, 9.17) is 5.11 Å². The van der Waals surface area contributed by atoms with Crippen molar-refractivity contribution in [1.82, 2.24) is 4.57 Å². The van der Waals surface area contributed by atoms with Gasteiger partial charge in [-0.3, -0.25) is 4.79 Å². The van der Waals surface area contributed by atoms with E-state index in [1.807, 2.05) is 12.2 Å². The van der Waals surface area contributed by atoms with Gasteiger partial charge in [0.05, 0.1) is 5.52 Å². The fourth-order valence-electron chi connectivity index (χ4n) is 3.17. The highest BCUT2D eigenvalue weighted by Crippen LogP contribution is 2.22. The molecule has 0 aliphatic heterocycles. The van der Waals surface area contributed by atoms with E-state index in [9.17, 15) is 4.79 Å². The standard InChI is InChI=1S/C22H32N2O2/c1-3-5-9-18(4-2)17-23-20-12-11-19-13-15-24(21(19)16-20)14-8-6-7-10-22(25)26/h6,8,11-13,15-16,18,23H,3-5,7,9-10,14,17H2,1-2H3,(H,25,26)/b8-6+. The number of carbonyl (C=O) groups is 1. The largest absolute Gasteiger partial charge is 0.481 e. The molecule has 2 aromatic rings. The molecule has 1 aromatic heterocycles. The zero-order valence-electron chi connectivity index (χ0n) is 16.1. The number of fused-ring (bicyclic) bond motifs is 1. The Labute approximate surface area is 156 Å². The van der Waals surface area contributed by atoms with Crippen molar-refractivity contribution in [2.75, 3.05) is 11.9 Å². The summed E-state index contributed by atoms with van der Waals surface area (Å²) in [6.07, 6.45) is 11.9. The van der Waals surface area contributed by atoms with Crippen molar-refractivity contribution < 1.29 is 9.90 Å². The van der Waals surface area contributed by atoms with Crippen LogP contribution in [0.3, 0.4) is 0 Å². The van der Waals surface area contributed by atoms with Gasteiger partial charge in [0.1, 0.15) is 0 Å². The number of hydrogen-bond acceptors (Lipinski definition) is 2.